The maximum Gasteiger partial charge on any atom is 0.338 e. The van der Waals surface area contributed by atoms with E-state index >= 15 is 14.4 Å². The molecule has 11 atom stereocenters. The first-order valence-electron chi connectivity index (χ1n) is 40.3. The first kappa shape index (κ1) is 96.6. The lowest BCUT2D eigenvalue weighted by Gasteiger charge is -2.68. The summed E-state index contributed by atoms with van der Waals surface area (Å²) in [5.41, 5.74) is -7.27. The third kappa shape index (κ3) is 25.9. The number of hydrogen-bond donors (Lipinski definition) is 2. The number of ether oxygens (including phenoxy) is 15. The summed E-state index contributed by atoms with van der Waals surface area (Å²) < 4.78 is 103. The van der Waals surface area contributed by atoms with Gasteiger partial charge in [-0.3, -0.25) is 28.8 Å². The molecule has 3 aliphatic carbocycles. The van der Waals surface area contributed by atoms with Crippen molar-refractivity contribution in [3.05, 3.63) is 143 Å². The molecule has 1 amide bonds. The third-order valence-electron chi connectivity index (χ3n) is 22.9. The van der Waals surface area contributed by atoms with Gasteiger partial charge < -0.3 is 90.3 Å². The number of aliphatic hydroxyl groups is 1. The van der Waals surface area contributed by atoms with E-state index in [0.29, 0.717) is 83.8 Å². The standard InChI is InChI=1S/C86H122N2O26S2Si2/c1-59-64(109-80(96)74(114-118(14,15)82(6,7)8)72(61-27-19-16-20-28-61)88-78(94)62-29-21-17-22-30-62)56-86(97)77(111-79(95)63-31-23-18-24-32-63)75-84(11,65(113-117(12,13)81(3,4)5)55-66-85(75,57-108-66)112-60(2)89)76(93)73(71(59)83(86,9)10)110-70(92)35-34-68(90)106-51-52-107-69(91)36-38-104-58-105-50-49-102-46-45-100-42-41-98-39-40-99-43-44-101-47-48-103-53-54-115-116-67-33-25-26-37-87-67/h16-33,37,64-66,72-75,77,97H,34-36,38-58H2,1-15H3,(H,88,94)/t64-,65-,66+,72-,73+,74+,75-,77-,84+,85-,86+/m0/s1. The molecule has 8 rings (SSSR count). The molecule has 2 N–H and O–H groups in total. The van der Waals surface area contributed by atoms with Crippen LogP contribution in [0.5, 0.6) is 0 Å². The Bertz CT molecular complexity index is 3930. The van der Waals surface area contributed by atoms with Crippen LogP contribution in [0.25, 0.3) is 0 Å². The molecular formula is C86H122N2O26S2Si2. The van der Waals surface area contributed by atoms with E-state index in [1.54, 1.807) is 134 Å². The number of carbonyl (C=O) groups is 8. The molecule has 0 unspecified atom stereocenters. The maximum absolute atomic E-state index is 17.3. The largest absolute Gasteiger partial charge is 0.462 e. The van der Waals surface area contributed by atoms with Crippen LogP contribution in [-0.2, 0) is 109 Å². The van der Waals surface area contributed by atoms with Crippen molar-refractivity contribution in [2.45, 2.75) is 203 Å². The van der Waals surface area contributed by atoms with Crippen LogP contribution in [0.4, 0.5) is 0 Å². The number of esters is 6. The summed E-state index contributed by atoms with van der Waals surface area (Å²) in [5.74, 6) is -7.37. The van der Waals surface area contributed by atoms with Gasteiger partial charge in [0.2, 0.25) is 0 Å². The Kier molecular flexibility index (Phi) is 36.7. The number of benzene rings is 3. The van der Waals surface area contributed by atoms with Crippen molar-refractivity contribution in [2.24, 2.45) is 16.7 Å². The molecule has 1 saturated heterocycles. The number of carbonyl (C=O) groups excluding carboxylic acids is 8. The Morgan fingerprint density at radius 3 is 1.64 bits per heavy atom. The van der Waals surface area contributed by atoms with Crippen LogP contribution in [0.15, 0.2) is 132 Å². The van der Waals surface area contributed by atoms with E-state index in [0.717, 1.165) is 10.8 Å². The Morgan fingerprint density at radius 1 is 0.610 bits per heavy atom. The summed E-state index contributed by atoms with van der Waals surface area (Å²) in [4.78, 5) is 122. The predicted octanol–water partition coefficient (Wildman–Crippen LogP) is 12.0. The van der Waals surface area contributed by atoms with Gasteiger partial charge in [0.05, 0.1) is 147 Å². The van der Waals surface area contributed by atoms with Crippen molar-refractivity contribution in [3.8, 4) is 0 Å². The van der Waals surface area contributed by atoms with Crippen molar-refractivity contribution >= 4 is 85.7 Å². The number of amides is 1. The SMILES string of the molecule is CC(=O)O[C@@]12CO[C@@H]1C[C@H](O[Si](C)(C)C(C)(C)C)[C@@]1(C)C(=O)[C@H](OC(=O)CCC(=O)OCCOC(=O)CCOCOCCOCCOCCOCCOCCOCCOCCSSc3ccccn3)C3=C(C)[C@@H](OC(=O)[C@H](O[Si](C)(C)C(C)(C)C)[C@@H](NC(=O)c4ccccc4)c4ccccc4)C[C@@](O)([C@@H](OC(=O)c4ccccc4)[C@H]21)C3(C)C. The van der Waals surface area contributed by atoms with Gasteiger partial charge in [-0.25, -0.2) is 14.6 Å². The fourth-order valence-electron chi connectivity index (χ4n) is 14.4. The molecule has 4 aromatic rings. The average Bonchev–Trinajstić information content (AvgIpc) is 0.665. The number of aromatic nitrogens is 1. The minimum Gasteiger partial charge on any atom is -0.462 e. The van der Waals surface area contributed by atoms with Crippen molar-refractivity contribution in [1.82, 2.24) is 10.3 Å². The molecule has 1 aromatic heterocycles. The molecule has 2 saturated carbocycles. The van der Waals surface area contributed by atoms with E-state index in [1.807, 2.05) is 85.9 Å². The lowest BCUT2D eigenvalue weighted by Crippen LogP contribution is -2.82. The second kappa shape index (κ2) is 44.8. The zero-order valence-corrected chi connectivity index (χ0v) is 74.6. The van der Waals surface area contributed by atoms with Crippen molar-refractivity contribution < 1.29 is 123 Å². The van der Waals surface area contributed by atoms with Gasteiger partial charge in [0.25, 0.3) is 5.91 Å². The smallest absolute Gasteiger partial charge is 0.338 e. The summed E-state index contributed by atoms with van der Waals surface area (Å²) in [6.45, 7) is 31.8. The van der Waals surface area contributed by atoms with E-state index in [2.05, 4.69) is 10.3 Å². The second-order valence-electron chi connectivity index (χ2n) is 33.3. The molecule has 3 fully saturated rings. The summed E-state index contributed by atoms with van der Waals surface area (Å²) in [7, 11) is -2.76. The molecule has 28 nitrogen and oxygen atoms in total. The van der Waals surface area contributed by atoms with E-state index in [1.165, 1.54) is 19.1 Å². The summed E-state index contributed by atoms with van der Waals surface area (Å²) in [6, 6.07) is 29.9. The topological polar surface area (TPSA) is 339 Å². The molecule has 3 aromatic carbocycles. The monoisotopic (exact) mass is 1720 g/mol. The zero-order chi connectivity index (χ0) is 86.0. The van der Waals surface area contributed by atoms with Crippen molar-refractivity contribution in [2.75, 3.05) is 125 Å². The van der Waals surface area contributed by atoms with Crippen LogP contribution in [-0.4, -0.2) is 247 Å². The summed E-state index contributed by atoms with van der Waals surface area (Å²) in [6.07, 6.45) is -9.47. The number of hydrogen-bond acceptors (Lipinski definition) is 29. The fraction of sp³-hybridized carbons (Fsp3) is 0.616. The normalized spacial score (nSPS) is 22.9. The Balaban J connectivity index is 0.905. The van der Waals surface area contributed by atoms with Gasteiger partial charge in [-0.05, 0) is 114 Å². The van der Waals surface area contributed by atoms with Crippen LogP contribution in [0, 0.1) is 16.7 Å². The van der Waals surface area contributed by atoms with Gasteiger partial charge in [-0.15, -0.1) is 0 Å². The lowest BCUT2D eigenvalue weighted by molar-refractivity contribution is -0.344. The molecule has 0 radical (unpaired) electrons. The number of Topliss-reactive ketones (excluding diaryl/α,β-unsaturated/α-hetero) is 1. The second-order valence-corrected chi connectivity index (χ2v) is 45.3. The van der Waals surface area contributed by atoms with Gasteiger partial charge in [0, 0.05) is 42.7 Å². The first-order valence-corrected chi connectivity index (χ1v) is 48.5. The van der Waals surface area contributed by atoms with Crippen LogP contribution in [0.1, 0.15) is 141 Å². The molecule has 2 bridgehead atoms. The summed E-state index contributed by atoms with van der Waals surface area (Å²) >= 11 is 0. The molecular weight excluding hydrogens is 1600 g/mol. The highest BCUT2D eigenvalue weighted by atomic mass is 33.1. The van der Waals surface area contributed by atoms with Crippen LogP contribution in [0.2, 0.25) is 36.3 Å². The third-order valence-corrected chi connectivity index (χ3v) is 34.1. The molecule has 0 spiro atoms. The Hall–Kier alpha value is -6.84. The highest BCUT2D eigenvalue weighted by Gasteiger charge is 2.79. The van der Waals surface area contributed by atoms with Gasteiger partial charge in [-0.2, -0.15) is 0 Å². The fourth-order valence-corrected chi connectivity index (χ4v) is 18.8. The molecule has 4 aliphatic rings. The van der Waals surface area contributed by atoms with Crippen molar-refractivity contribution in [1.29, 1.82) is 0 Å². The lowest BCUT2D eigenvalue weighted by atomic mass is 9.44. The number of ketones is 1. The van der Waals surface area contributed by atoms with Crippen LogP contribution in [0.3, 0.4) is 0 Å². The van der Waals surface area contributed by atoms with Gasteiger partial charge in [-0.1, -0.05) is 139 Å². The molecule has 1 aliphatic heterocycles. The predicted molar refractivity (Wildman–Crippen MR) is 444 cm³/mol. The molecule has 652 valence electrons. The molecule has 32 heteroatoms. The van der Waals surface area contributed by atoms with E-state index in [4.69, 9.17) is 79.9 Å². The van der Waals surface area contributed by atoms with Crippen LogP contribution < -0.4 is 5.32 Å². The number of nitrogens with zero attached hydrogens (tertiary/aromatic N) is 1. The average molecular weight is 1720 g/mol. The Labute approximate surface area is 703 Å². The Morgan fingerprint density at radius 2 is 1.12 bits per heavy atom. The van der Waals surface area contributed by atoms with Crippen molar-refractivity contribution in [3.63, 3.8) is 0 Å². The maximum atomic E-state index is 17.3. The van der Waals surface area contributed by atoms with E-state index < -0.39 is 164 Å². The minimum atomic E-state index is -3.07. The van der Waals surface area contributed by atoms with Gasteiger partial charge >= 0.3 is 35.8 Å². The number of nitrogens with one attached hydrogen (secondary N) is 1. The number of rotatable bonds is 48. The van der Waals surface area contributed by atoms with E-state index in [9.17, 15) is 29.1 Å². The molecule has 2 heterocycles. The highest BCUT2D eigenvalue weighted by Crippen LogP contribution is 2.66. The quantitative estimate of drug-likeness (QED) is 0.00789. The molecule has 118 heavy (non-hydrogen) atoms. The van der Waals surface area contributed by atoms with Gasteiger partial charge in [0.1, 0.15) is 48.9 Å². The van der Waals surface area contributed by atoms with E-state index in [-0.39, 0.29) is 76.0 Å². The van der Waals surface area contributed by atoms with Crippen LogP contribution >= 0.6 is 21.6 Å². The van der Waals surface area contributed by atoms with Gasteiger partial charge in [0.15, 0.2) is 40.2 Å². The zero-order valence-electron chi connectivity index (χ0n) is 71.0. The summed E-state index contributed by atoms with van der Waals surface area (Å²) in [5, 5.41) is 17.8. The number of fused-ring (bicyclic) bond motifs is 5. The number of pyridine rings is 1. The first-order chi connectivity index (χ1) is 56.0. The minimum absolute atomic E-state index is 0.0304. The highest BCUT2D eigenvalue weighted by molar-refractivity contribution is 8.76.